The molecule has 0 amide bonds. The van der Waals surface area contributed by atoms with E-state index in [1.54, 1.807) is 0 Å². The van der Waals surface area contributed by atoms with Crippen molar-refractivity contribution < 1.29 is 0 Å². The van der Waals surface area contributed by atoms with Crippen LogP contribution < -0.4 is 5.32 Å². The molecule has 3 heteroatoms. The Balaban J connectivity index is 1.83. The number of rotatable bonds is 5. The Morgan fingerprint density at radius 3 is 2.17 bits per heavy atom. The molecule has 0 atom stereocenters. The van der Waals surface area contributed by atoms with Crippen LogP contribution in [0.4, 0.5) is 0 Å². The molecule has 0 aromatic heterocycles. The van der Waals surface area contributed by atoms with Gasteiger partial charge in [-0.05, 0) is 42.9 Å². The molecule has 104 valence electrons. The molecule has 1 fully saturated rings. The van der Waals surface area contributed by atoms with Crippen molar-refractivity contribution >= 4 is 16.9 Å². The van der Waals surface area contributed by atoms with Gasteiger partial charge in [-0.1, -0.05) is 39.0 Å². The summed E-state index contributed by atoms with van der Waals surface area (Å²) in [5.41, 5.74) is 1.06. The number of hydrogen-bond acceptors (Lipinski definition) is 3. The Morgan fingerprint density at radius 1 is 1.11 bits per heavy atom. The van der Waals surface area contributed by atoms with Crippen LogP contribution in [0.25, 0.3) is 0 Å². The topological polar surface area (TPSA) is 24.4 Å². The second-order valence-corrected chi connectivity index (χ2v) is 7.14. The van der Waals surface area contributed by atoms with Crippen molar-refractivity contribution in [2.75, 3.05) is 18.8 Å². The Labute approximate surface area is 116 Å². The molecule has 0 aromatic carbocycles. The zero-order chi connectivity index (χ0) is 13.1. The van der Waals surface area contributed by atoms with E-state index in [9.17, 15) is 0 Å². The lowest BCUT2D eigenvalue weighted by molar-refractivity contribution is 0.132. The minimum absolute atomic E-state index is 0.467. The Kier molecular flexibility index (Phi) is 4.63. The van der Waals surface area contributed by atoms with Gasteiger partial charge in [0.25, 0.3) is 0 Å². The standard InChI is InChI=1S/C15H28N2S/c1-4-14(5-2)10-16-13(18-12-14)17-11-15(6-3)8-7-9-15/h4-12H2,1-3H3,(H,16,17). The van der Waals surface area contributed by atoms with Gasteiger partial charge in [-0.2, -0.15) is 0 Å². The molecule has 18 heavy (non-hydrogen) atoms. The summed E-state index contributed by atoms with van der Waals surface area (Å²) in [7, 11) is 0. The van der Waals surface area contributed by atoms with Gasteiger partial charge in [-0.25, -0.2) is 0 Å². The van der Waals surface area contributed by atoms with Gasteiger partial charge >= 0.3 is 0 Å². The molecular formula is C15H28N2S. The van der Waals surface area contributed by atoms with E-state index in [-0.39, 0.29) is 0 Å². The van der Waals surface area contributed by atoms with E-state index in [1.165, 1.54) is 49.4 Å². The summed E-state index contributed by atoms with van der Waals surface area (Å²) in [6.07, 6.45) is 8.05. The van der Waals surface area contributed by atoms with Crippen LogP contribution in [0.3, 0.4) is 0 Å². The van der Waals surface area contributed by atoms with Gasteiger partial charge in [0.1, 0.15) is 0 Å². The van der Waals surface area contributed by atoms with Crippen LogP contribution >= 0.6 is 11.8 Å². The molecule has 2 aliphatic rings. The van der Waals surface area contributed by atoms with Crippen LogP contribution in [-0.4, -0.2) is 24.0 Å². The van der Waals surface area contributed by atoms with Gasteiger partial charge in [0.2, 0.25) is 0 Å². The minimum atomic E-state index is 0.467. The fraction of sp³-hybridized carbons (Fsp3) is 0.933. The molecule has 0 bridgehead atoms. The molecule has 0 aromatic rings. The van der Waals surface area contributed by atoms with E-state index >= 15 is 0 Å². The highest BCUT2D eigenvalue weighted by Crippen LogP contribution is 2.43. The van der Waals surface area contributed by atoms with Gasteiger partial charge in [0, 0.05) is 18.8 Å². The molecule has 1 N–H and O–H groups in total. The quantitative estimate of drug-likeness (QED) is 0.813. The third kappa shape index (κ3) is 2.87. The average molecular weight is 268 g/mol. The Bertz CT molecular complexity index is 298. The van der Waals surface area contributed by atoms with E-state index < -0.39 is 0 Å². The third-order valence-corrected chi connectivity index (χ3v) is 6.66. The molecule has 1 heterocycles. The predicted molar refractivity (Wildman–Crippen MR) is 82.4 cm³/mol. The summed E-state index contributed by atoms with van der Waals surface area (Å²) < 4.78 is 0. The van der Waals surface area contributed by atoms with Gasteiger partial charge in [-0.15, -0.1) is 0 Å². The predicted octanol–water partition coefficient (Wildman–Crippen LogP) is 4.07. The van der Waals surface area contributed by atoms with E-state index in [1.807, 2.05) is 11.8 Å². The maximum atomic E-state index is 4.79. The van der Waals surface area contributed by atoms with Crippen LogP contribution in [0.1, 0.15) is 59.3 Å². The molecule has 1 aliphatic heterocycles. The number of aliphatic imine (C=N–C) groups is 1. The lowest BCUT2D eigenvalue weighted by Gasteiger charge is -2.42. The lowest BCUT2D eigenvalue weighted by Crippen LogP contribution is -2.43. The smallest absolute Gasteiger partial charge is 0.156 e. The molecule has 0 radical (unpaired) electrons. The van der Waals surface area contributed by atoms with Crippen LogP contribution in [0.2, 0.25) is 0 Å². The molecule has 2 nitrogen and oxygen atoms in total. The van der Waals surface area contributed by atoms with Crippen molar-refractivity contribution in [1.29, 1.82) is 0 Å². The average Bonchev–Trinajstić information content (AvgIpc) is 2.39. The van der Waals surface area contributed by atoms with Crippen molar-refractivity contribution in [3.05, 3.63) is 0 Å². The first-order chi connectivity index (χ1) is 8.67. The Morgan fingerprint density at radius 2 is 1.78 bits per heavy atom. The highest BCUT2D eigenvalue weighted by atomic mass is 32.2. The van der Waals surface area contributed by atoms with Crippen LogP contribution in [0.5, 0.6) is 0 Å². The maximum absolute atomic E-state index is 4.79. The van der Waals surface area contributed by atoms with Crippen molar-refractivity contribution in [1.82, 2.24) is 5.32 Å². The second-order valence-electron chi connectivity index (χ2n) is 6.18. The van der Waals surface area contributed by atoms with Gasteiger partial charge in [0.05, 0.1) is 0 Å². The fourth-order valence-corrected chi connectivity index (χ4v) is 4.20. The monoisotopic (exact) mass is 268 g/mol. The van der Waals surface area contributed by atoms with Crippen molar-refractivity contribution in [3.8, 4) is 0 Å². The zero-order valence-electron chi connectivity index (χ0n) is 12.2. The second kappa shape index (κ2) is 5.85. The molecule has 0 saturated heterocycles. The normalized spacial score (nSPS) is 25.2. The first-order valence-corrected chi connectivity index (χ1v) is 8.57. The number of nitrogens with one attached hydrogen (secondary N) is 1. The first-order valence-electron chi connectivity index (χ1n) is 7.59. The molecule has 0 unspecified atom stereocenters. The van der Waals surface area contributed by atoms with E-state index in [4.69, 9.17) is 4.99 Å². The Hall–Kier alpha value is -0.180. The van der Waals surface area contributed by atoms with Crippen molar-refractivity contribution in [2.45, 2.75) is 59.3 Å². The summed E-state index contributed by atoms with van der Waals surface area (Å²) in [4.78, 5) is 4.79. The van der Waals surface area contributed by atoms with Gasteiger partial charge in [-0.3, -0.25) is 4.99 Å². The molecule has 2 rings (SSSR count). The largest absolute Gasteiger partial charge is 0.364 e. The van der Waals surface area contributed by atoms with E-state index in [0.717, 1.165) is 13.1 Å². The van der Waals surface area contributed by atoms with Gasteiger partial charge in [0.15, 0.2) is 5.17 Å². The van der Waals surface area contributed by atoms with Crippen LogP contribution in [-0.2, 0) is 0 Å². The fourth-order valence-electron chi connectivity index (χ4n) is 2.93. The molecular weight excluding hydrogens is 240 g/mol. The number of amidine groups is 1. The number of hydrogen-bond donors (Lipinski definition) is 1. The molecule has 0 spiro atoms. The SMILES string of the molecule is CCC1(CNC2=NCC(CC)(CC)CS2)CCC1. The maximum Gasteiger partial charge on any atom is 0.156 e. The molecule has 1 saturated carbocycles. The summed E-state index contributed by atoms with van der Waals surface area (Å²) in [5, 5.41) is 4.82. The molecule has 1 aliphatic carbocycles. The van der Waals surface area contributed by atoms with Gasteiger partial charge < -0.3 is 5.32 Å². The number of thioether (sulfide) groups is 1. The van der Waals surface area contributed by atoms with Crippen molar-refractivity contribution in [2.24, 2.45) is 15.8 Å². The van der Waals surface area contributed by atoms with E-state index in [2.05, 4.69) is 26.1 Å². The van der Waals surface area contributed by atoms with Crippen molar-refractivity contribution in [3.63, 3.8) is 0 Å². The third-order valence-electron chi connectivity index (χ3n) is 5.35. The summed E-state index contributed by atoms with van der Waals surface area (Å²) in [6.45, 7) is 9.10. The highest BCUT2D eigenvalue weighted by Gasteiger charge is 2.36. The zero-order valence-corrected chi connectivity index (χ0v) is 13.0. The first kappa shape index (κ1) is 14.2. The highest BCUT2D eigenvalue weighted by molar-refractivity contribution is 8.13. The minimum Gasteiger partial charge on any atom is -0.364 e. The lowest BCUT2D eigenvalue weighted by atomic mass is 9.67. The van der Waals surface area contributed by atoms with E-state index in [0.29, 0.717) is 10.8 Å². The number of nitrogens with zero attached hydrogens (tertiary/aromatic N) is 1. The van der Waals surface area contributed by atoms with Crippen LogP contribution in [0.15, 0.2) is 4.99 Å². The summed E-state index contributed by atoms with van der Waals surface area (Å²) in [6, 6.07) is 0. The summed E-state index contributed by atoms with van der Waals surface area (Å²) in [5.74, 6) is 1.24. The summed E-state index contributed by atoms with van der Waals surface area (Å²) >= 11 is 1.94. The van der Waals surface area contributed by atoms with Crippen LogP contribution in [0, 0.1) is 10.8 Å².